The van der Waals surface area contributed by atoms with Crippen molar-refractivity contribution >= 4 is 11.8 Å². The van der Waals surface area contributed by atoms with Crippen LogP contribution >= 0.6 is 11.8 Å². The normalized spacial score (nSPS) is 24.7. The fourth-order valence-electron chi connectivity index (χ4n) is 2.17. The molecule has 1 saturated carbocycles. The number of thioether (sulfide) groups is 1. The van der Waals surface area contributed by atoms with Crippen molar-refractivity contribution in [2.45, 2.75) is 40.2 Å². The van der Waals surface area contributed by atoms with Crippen molar-refractivity contribution in [3.63, 3.8) is 0 Å². The molecule has 0 aromatic rings. The number of hydrogen-bond acceptors (Lipinski definition) is 2. The minimum atomic E-state index is 0.492. The fourth-order valence-corrected chi connectivity index (χ4v) is 2.60. The van der Waals surface area contributed by atoms with E-state index in [0.29, 0.717) is 10.8 Å². The zero-order valence-electron chi connectivity index (χ0n) is 9.61. The van der Waals surface area contributed by atoms with E-state index in [1.54, 1.807) is 0 Å². The average molecular weight is 201 g/mol. The molecule has 0 atom stereocenters. The summed E-state index contributed by atoms with van der Waals surface area (Å²) in [6, 6.07) is 0.724. The first-order valence-corrected chi connectivity index (χ1v) is 6.56. The lowest BCUT2D eigenvalue weighted by Crippen LogP contribution is -2.23. The van der Waals surface area contributed by atoms with E-state index in [4.69, 9.17) is 0 Å². The van der Waals surface area contributed by atoms with E-state index in [0.717, 1.165) is 6.04 Å². The van der Waals surface area contributed by atoms with Gasteiger partial charge in [-0.25, -0.2) is 0 Å². The van der Waals surface area contributed by atoms with Crippen molar-refractivity contribution in [2.24, 2.45) is 10.8 Å². The van der Waals surface area contributed by atoms with Gasteiger partial charge in [-0.3, -0.25) is 0 Å². The molecule has 0 aliphatic heterocycles. The van der Waals surface area contributed by atoms with E-state index < -0.39 is 0 Å². The van der Waals surface area contributed by atoms with E-state index in [1.165, 1.54) is 18.7 Å². The molecular formula is C11H23NS. The Kier molecular flexibility index (Phi) is 3.34. The van der Waals surface area contributed by atoms with Gasteiger partial charge in [-0.15, -0.1) is 0 Å². The van der Waals surface area contributed by atoms with Crippen LogP contribution in [0.3, 0.4) is 0 Å². The molecule has 13 heavy (non-hydrogen) atoms. The molecule has 1 nitrogen and oxygen atoms in total. The molecule has 0 spiro atoms. The highest BCUT2D eigenvalue weighted by Gasteiger charge is 2.64. The van der Waals surface area contributed by atoms with Gasteiger partial charge in [-0.05, 0) is 35.8 Å². The third kappa shape index (κ3) is 2.04. The number of nitrogens with one attached hydrogen (secondary N) is 1. The molecule has 1 rings (SSSR count). The molecule has 0 amide bonds. The summed E-state index contributed by atoms with van der Waals surface area (Å²) in [5, 5.41) is 3.66. The summed E-state index contributed by atoms with van der Waals surface area (Å²) in [5.74, 6) is 1.28. The van der Waals surface area contributed by atoms with Gasteiger partial charge >= 0.3 is 0 Å². The summed E-state index contributed by atoms with van der Waals surface area (Å²) in [6.45, 7) is 10.6. The number of hydrogen-bond donors (Lipinski definition) is 1. The van der Waals surface area contributed by atoms with Crippen LogP contribution in [0.15, 0.2) is 0 Å². The van der Waals surface area contributed by atoms with E-state index in [-0.39, 0.29) is 0 Å². The Morgan fingerprint density at radius 3 is 2.08 bits per heavy atom. The molecule has 1 fully saturated rings. The first-order chi connectivity index (χ1) is 5.94. The van der Waals surface area contributed by atoms with Gasteiger partial charge in [0.25, 0.3) is 0 Å². The van der Waals surface area contributed by atoms with Crippen LogP contribution in [0.5, 0.6) is 0 Å². The zero-order valence-corrected chi connectivity index (χ0v) is 10.4. The van der Waals surface area contributed by atoms with E-state index in [2.05, 4.69) is 39.3 Å². The third-order valence-electron chi connectivity index (χ3n) is 3.89. The van der Waals surface area contributed by atoms with Crippen molar-refractivity contribution in [3.05, 3.63) is 0 Å². The van der Waals surface area contributed by atoms with E-state index in [9.17, 15) is 0 Å². The van der Waals surface area contributed by atoms with Crippen LogP contribution in [-0.4, -0.2) is 24.6 Å². The second-order valence-corrected chi connectivity index (χ2v) is 6.16. The van der Waals surface area contributed by atoms with Crippen LogP contribution in [0.2, 0.25) is 0 Å². The Morgan fingerprint density at radius 2 is 1.69 bits per heavy atom. The zero-order chi connectivity index (χ0) is 10.1. The molecule has 0 unspecified atom stereocenters. The van der Waals surface area contributed by atoms with Gasteiger partial charge < -0.3 is 5.32 Å². The predicted molar refractivity (Wildman–Crippen MR) is 62.4 cm³/mol. The molecule has 1 aliphatic carbocycles. The van der Waals surface area contributed by atoms with E-state index >= 15 is 0 Å². The molecular weight excluding hydrogens is 178 g/mol. The van der Waals surface area contributed by atoms with Gasteiger partial charge in [0.05, 0.1) is 0 Å². The summed E-state index contributed by atoms with van der Waals surface area (Å²) in [5.41, 5.74) is 0.985. The molecule has 1 N–H and O–H groups in total. The Morgan fingerprint density at radius 1 is 1.15 bits per heavy atom. The van der Waals surface area contributed by atoms with Crippen molar-refractivity contribution in [1.29, 1.82) is 0 Å². The SMILES string of the molecule is CSCCCNC1C(C)(C)C1(C)C. The second kappa shape index (κ2) is 3.82. The summed E-state index contributed by atoms with van der Waals surface area (Å²) in [4.78, 5) is 0. The summed E-state index contributed by atoms with van der Waals surface area (Å²) in [7, 11) is 0. The van der Waals surface area contributed by atoms with Gasteiger partial charge in [0.15, 0.2) is 0 Å². The monoisotopic (exact) mass is 201 g/mol. The van der Waals surface area contributed by atoms with Crippen LogP contribution in [0, 0.1) is 10.8 Å². The molecule has 0 aromatic carbocycles. The predicted octanol–water partition coefficient (Wildman–Crippen LogP) is 2.76. The summed E-state index contributed by atoms with van der Waals surface area (Å²) < 4.78 is 0. The topological polar surface area (TPSA) is 12.0 Å². The van der Waals surface area contributed by atoms with Crippen LogP contribution in [0.4, 0.5) is 0 Å². The molecule has 2 heteroatoms. The Labute approximate surface area is 87.1 Å². The standard InChI is InChI=1S/C11H23NS/c1-10(2)9(11(10,3)4)12-7-6-8-13-5/h9,12H,6-8H2,1-5H3. The van der Waals surface area contributed by atoms with E-state index in [1.807, 2.05) is 11.8 Å². The van der Waals surface area contributed by atoms with Crippen molar-refractivity contribution < 1.29 is 0 Å². The molecule has 0 aromatic heterocycles. The first kappa shape index (κ1) is 11.4. The Hall–Kier alpha value is 0.310. The average Bonchev–Trinajstić information content (AvgIpc) is 2.39. The maximum absolute atomic E-state index is 3.66. The van der Waals surface area contributed by atoms with Gasteiger partial charge in [-0.1, -0.05) is 27.7 Å². The van der Waals surface area contributed by atoms with Gasteiger partial charge in [0.2, 0.25) is 0 Å². The quantitative estimate of drug-likeness (QED) is 0.687. The van der Waals surface area contributed by atoms with Crippen molar-refractivity contribution in [3.8, 4) is 0 Å². The highest BCUT2D eigenvalue weighted by atomic mass is 32.2. The van der Waals surface area contributed by atoms with Crippen LogP contribution in [0.25, 0.3) is 0 Å². The summed E-state index contributed by atoms with van der Waals surface area (Å²) in [6.07, 6.45) is 3.47. The molecule has 1 aliphatic rings. The Balaban J connectivity index is 2.19. The first-order valence-electron chi connectivity index (χ1n) is 5.17. The van der Waals surface area contributed by atoms with Gasteiger partial charge in [-0.2, -0.15) is 11.8 Å². The smallest absolute Gasteiger partial charge is 0.0181 e. The minimum Gasteiger partial charge on any atom is -0.313 e. The largest absolute Gasteiger partial charge is 0.313 e. The van der Waals surface area contributed by atoms with Crippen LogP contribution in [-0.2, 0) is 0 Å². The lowest BCUT2D eigenvalue weighted by Gasteiger charge is -2.04. The highest BCUT2D eigenvalue weighted by molar-refractivity contribution is 7.98. The lowest BCUT2D eigenvalue weighted by molar-refractivity contribution is 0.457. The maximum atomic E-state index is 3.66. The molecule has 0 radical (unpaired) electrons. The number of rotatable bonds is 5. The third-order valence-corrected chi connectivity index (χ3v) is 4.59. The van der Waals surface area contributed by atoms with Crippen LogP contribution < -0.4 is 5.32 Å². The molecule has 78 valence electrons. The van der Waals surface area contributed by atoms with Gasteiger partial charge in [0.1, 0.15) is 0 Å². The summed E-state index contributed by atoms with van der Waals surface area (Å²) >= 11 is 1.93. The van der Waals surface area contributed by atoms with Gasteiger partial charge in [0, 0.05) is 6.04 Å². The van der Waals surface area contributed by atoms with Crippen LogP contribution in [0.1, 0.15) is 34.1 Å². The highest BCUT2D eigenvalue weighted by Crippen LogP contribution is 2.62. The molecule has 0 heterocycles. The van der Waals surface area contributed by atoms with Crippen molar-refractivity contribution in [1.82, 2.24) is 5.32 Å². The molecule has 0 bridgehead atoms. The van der Waals surface area contributed by atoms with Crippen molar-refractivity contribution in [2.75, 3.05) is 18.6 Å². The lowest BCUT2D eigenvalue weighted by atomic mass is 10.0. The Bertz CT molecular complexity index is 161. The second-order valence-electron chi connectivity index (χ2n) is 5.18. The molecule has 0 saturated heterocycles. The minimum absolute atomic E-state index is 0.492. The fraction of sp³-hybridized carbons (Fsp3) is 1.00. The maximum Gasteiger partial charge on any atom is 0.0181 e.